The van der Waals surface area contributed by atoms with Crippen molar-refractivity contribution in [3.05, 3.63) is 57.2 Å². The van der Waals surface area contributed by atoms with Crippen molar-refractivity contribution in [2.45, 2.75) is 6.92 Å². The minimum absolute atomic E-state index is 0.0189. The molecule has 1 heterocycles. The van der Waals surface area contributed by atoms with Crippen LogP contribution in [-0.2, 0) is 0 Å². The number of nitrogens with zero attached hydrogens (tertiary/aromatic N) is 2. The molecule has 0 saturated heterocycles. The average molecular weight is 293 g/mol. The Kier molecular flexibility index (Phi) is 3.95. The monoisotopic (exact) mass is 292 g/mol. The van der Waals surface area contributed by atoms with Crippen molar-refractivity contribution < 1.29 is 14.5 Å². The zero-order valence-electron chi connectivity index (χ0n) is 10.4. The van der Waals surface area contributed by atoms with Crippen molar-refractivity contribution >= 4 is 23.1 Å². The molecular weight excluding hydrogens is 284 g/mol. The summed E-state index contributed by atoms with van der Waals surface area (Å²) in [6.45, 7) is 1.36. The van der Waals surface area contributed by atoms with Gasteiger partial charge in [-0.15, -0.1) is 0 Å². The van der Waals surface area contributed by atoms with E-state index in [1.165, 1.54) is 37.4 Å². The first-order chi connectivity index (χ1) is 9.49. The number of nitro benzene ring substituents is 1. The van der Waals surface area contributed by atoms with Crippen LogP contribution < -0.4 is 4.74 Å². The van der Waals surface area contributed by atoms with E-state index in [0.29, 0.717) is 0 Å². The van der Waals surface area contributed by atoms with Gasteiger partial charge in [0.2, 0.25) is 11.6 Å². The van der Waals surface area contributed by atoms with Crippen LogP contribution in [0.2, 0.25) is 5.02 Å². The Bertz CT molecular complexity index is 688. The molecule has 0 amide bonds. The predicted molar refractivity (Wildman–Crippen MR) is 72.4 cm³/mol. The second-order valence-electron chi connectivity index (χ2n) is 3.88. The fourth-order valence-electron chi connectivity index (χ4n) is 1.56. The highest BCUT2D eigenvalue weighted by molar-refractivity contribution is 6.30. The number of halogens is 1. The minimum Gasteiger partial charge on any atom is -0.431 e. The van der Waals surface area contributed by atoms with Gasteiger partial charge < -0.3 is 4.74 Å². The van der Waals surface area contributed by atoms with Crippen molar-refractivity contribution in [3.63, 3.8) is 0 Å². The molecule has 0 atom stereocenters. The van der Waals surface area contributed by atoms with E-state index < -0.39 is 4.92 Å². The third-order valence-corrected chi connectivity index (χ3v) is 2.71. The Morgan fingerprint density at radius 1 is 1.40 bits per heavy atom. The number of aromatic nitrogens is 1. The Morgan fingerprint density at radius 2 is 2.15 bits per heavy atom. The molecule has 102 valence electrons. The summed E-state index contributed by atoms with van der Waals surface area (Å²) in [4.78, 5) is 25.7. The zero-order valence-corrected chi connectivity index (χ0v) is 11.1. The molecule has 1 aromatic carbocycles. The van der Waals surface area contributed by atoms with Crippen LogP contribution in [-0.4, -0.2) is 15.7 Å². The lowest BCUT2D eigenvalue weighted by atomic mass is 10.2. The summed E-state index contributed by atoms with van der Waals surface area (Å²) in [5.74, 6) is -0.254. The van der Waals surface area contributed by atoms with Crippen LogP contribution in [0.1, 0.15) is 17.3 Å². The third kappa shape index (κ3) is 2.92. The number of carbonyl (C=O) groups is 1. The molecule has 20 heavy (non-hydrogen) atoms. The van der Waals surface area contributed by atoms with Crippen LogP contribution in [0.3, 0.4) is 0 Å². The van der Waals surface area contributed by atoms with E-state index in [-0.39, 0.29) is 33.7 Å². The maximum atomic E-state index is 11.5. The Hall–Kier alpha value is -2.47. The van der Waals surface area contributed by atoms with Gasteiger partial charge in [-0.25, -0.2) is 4.98 Å². The number of benzene rings is 1. The molecule has 2 aromatic rings. The van der Waals surface area contributed by atoms with Crippen molar-refractivity contribution in [1.29, 1.82) is 0 Å². The van der Waals surface area contributed by atoms with Gasteiger partial charge in [0.1, 0.15) is 0 Å². The number of ketones is 1. The topological polar surface area (TPSA) is 82.3 Å². The standard InChI is InChI=1S/C13H9ClN2O4/c1-8(17)10-3-2-6-15-13(10)20-12-5-4-9(14)7-11(12)16(18)19/h2-7H,1H3. The third-order valence-electron chi connectivity index (χ3n) is 2.47. The number of ether oxygens (including phenoxy) is 1. The fraction of sp³-hybridized carbons (Fsp3) is 0.0769. The molecule has 0 unspecified atom stereocenters. The predicted octanol–water partition coefficient (Wildman–Crippen LogP) is 3.64. The average Bonchev–Trinajstić information content (AvgIpc) is 2.41. The second-order valence-corrected chi connectivity index (χ2v) is 4.32. The molecule has 0 bridgehead atoms. The van der Waals surface area contributed by atoms with Crippen molar-refractivity contribution in [2.75, 3.05) is 0 Å². The Morgan fingerprint density at radius 3 is 2.80 bits per heavy atom. The molecule has 0 aliphatic rings. The molecule has 7 heteroatoms. The van der Waals surface area contributed by atoms with Crippen LogP contribution in [0, 0.1) is 10.1 Å². The molecule has 0 radical (unpaired) electrons. The Labute approximate surface area is 119 Å². The number of nitro groups is 1. The summed E-state index contributed by atoms with van der Waals surface area (Å²) in [5, 5.41) is 11.2. The lowest BCUT2D eigenvalue weighted by molar-refractivity contribution is -0.385. The number of hydrogen-bond donors (Lipinski definition) is 0. The van der Waals surface area contributed by atoms with Gasteiger partial charge in [-0.2, -0.15) is 0 Å². The van der Waals surface area contributed by atoms with Crippen LogP contribution in [0.5, 0.6) is 11.6 Å². The van der Waals surface area contributed by atoms with Gasteiger partial charge in [0.25, 0.3) is 0 Å². The first kappa shape index (κ1) is 14.0. The summed E-state index contributed by atoms with van der Waals surface area (Å²) >= 11 is 5.72. The van der Waals surface area contributed by atoms with E-state index in [1.54, 1.807) is 6.07 Å². The molecule has 1 aromatic heterocycles. The summed E-state index contributed by atoms with van der Waals surface area (Å²) in [7, 11) is 0. The fourth-order valence-corrected chi connectivity index (χ4v) is 1.73. The van der Waals surface area contributed by atoms with Gasteiger partial charge >= 0.3 is 5.69 Å². The summed E-state index contributed by atoms with van der Waals surface area (Å²) < 4.78 is 5.39. The SMILES string of the molecule is CC(=O)c1cccnc1Oc1ccc(Cl)cc1[N+](=O)[O-]. The van der Waals surface area contributed by atoms with E-state index >= 15 is 0 Å². The highest BCUT2D eigenvalue weighted by atomic mass is 35.5. The first-order valence-corrected chi connectivity index (χ1v) is 5.94. The molecule has 6 nitrogen and oxygen atoms in total. The Balaban J connectivity index is 2.45. The molecule has 0 N–H and O–H groups in total. The lowest BCUT2D eigenvalue weighted by Crippen LogP contribution is -2.00. The number of pyridine rings is 1. The quantitative estimate of drug-likeness (QED) is 0.488. The lowest BCUT2D eigenvalue weighted by Gasteiger charge is -2.08. The normalized spacial score (nSPS) is 10.1. The van der Waals surface area contributed by atoms with Gasteiger partial charge in [0.15, 0.2) is 5.78 Å². The summed E-state index contributed by atoms with van der Waals surface area (Å²) in [6.07, 6.45) is 1.43. The molecule has 0 saturated carbocycles. The van der Waals surface area contributed by atoms with Crippen molar-refractivity contribution in [1.82, 2.24) is 4.98 Å². The number of carbonyl (C=O) groups excluding carboxylic acids is 1. The van der Waals surface area contributed by atoms with Gasteiger partial charge in [0, 0.05) is 17.3 Å². The second kappa shape index (κ2) is 5.66. The largest absolute Gasteiger partial charge is 0.431 e. The highest BCUT2D eigenvalue weighted by Gasteiger charge is 2.19. The number of hydrogen-bond acceptors (Lipinski definition) is 5. The number of rotatable bonds is 4. The molecule has 2 rings (SSSR count). The van der Waals surface area contributed by atoms with E-state index in [4.69, 9.17) is 16.3 Å². The van der Waals surface area contributed by atoms with E-state index in [9.17, 15) is 14.9 Å². The van der Waals surface area contributed by atoms with Gasteiger partial charge in [0.05, 0.1) is 10.5 Å². The van der Waals surface area contributed by atoms with Crippen LogP contribution >= 0.6 is 11.6 Å². The van der Waals surface area contributed by atoms with Crippen LogP contribution in [0.15, 0.2) is 36.5 Å². The molecule has 0 spiro atoms. The van der Waals surface area contributed by atoms with Gasteiger partial charge in [-0.05, 0) is 31.2 Å². The summed E-state index contributed by atoms with van der Waals surface area (Å²) in [5.41, 5.74) is -0.0468. The van der Waals surface area contributed by atoms with E-state index in [2.05, 4.69) is 4.98 Å². The smallest absolute Gasteiger partial charge is 0.313 e. The molecule has 0 aliphatic heterocycles. The molecule has 0 aliphatic carbocycles. The van der Waals surface area contributed by atoms with Gasteiger partial charge in [-0.3, -0.25) is 14.9 Å². The van der Waals surface area contributed by atoms with Crippen LogP contribution in [0.4, 0.5) is 5.69 Å². The van der Waals surface area contributed by atoms with Crippen molar-refractivity contribution in [3.8, 4) is 11.6 Å². The molecule has 0 fully saturated rings. The highest BCUT2D eigenvalue weighted by Crippen LogP contribution is 2.33. The zero-order chi connectivity index (χ0) is 14.7. The maximum Gasteiger partial charge on any atom is 0.313 e. The minimum atomic E-state index is -0.613. The van der Waals surface area contributed by atoms with Crippen molar-refractivity contribution in [2.24, 2.45) is 0 Å². The van der Waals surface area contributed by atoms with Gasteiger partial charge in [-0.1, -0.05) is 11.6 Å². The van der Waals surface area contributed by atoms with E-state index in [0.717, 1.165) is 0 Å². The number of Topliss-reactive ketones (excluding diaryl/α,β-unsaturated/α-hetero) is 1. The van der Waals surface area contributed by atoms with Crippen LogP contribution in [0.25, 0.3) is 0 Å². The molecular formula is C13H9ClN2O4. The van der Waals surface area contributed by atoms with E-state index in [1.807, 2.05) is 0 Å². The first-order valence-electron chi connectivity index (χ1n) is 5.57. The maximum absolute atomic E-state index is 11.5. The summed E-state index contributed by atoms with van der Waals surface area (Å²) in [6, 6.07) is 7.11.